The Balaban J connectivity index is 0.00000833. The molecule has 4 N–H and O–H groups in total. The minimum absolute atomic E-state index is 0. The highest BCUT2D eigenvalue weighted by Crippen LogP contribution is 2.56. The highest BCUT2D eigenvalue weighted by atomic mass is 79.9. The summed E-state index contributed by atoms with van der Waals surface area (Å²) >= 11 is 0.959. The molecule has 49 heavy (non-hydrogen) atoms. The van der Waals surface area contributed by atoms with Crippen molar-refractivity contribution >= 4 is 63.8 Å². The fraction of sp³-hybridized carbons (Fsp3) is 0.361. The van der Waals surface area contributed by atoms with Gasteiger partial charge in [0.2, 0.25) is 11.8 Å². The molecule has 0 spiro atoms. The second-order valence-electron chi connectivity index (χ2n) is 11.0. The van der Waals surface area contributed by atoms with Crippen molar-refractivity contribution in [2.75, 3.05) is 32.2 Å². The van der Waals surface area contributed by atoms with E-state index in [1.165, 1.54) is 23.0 Å². The third kappa shape index (κ3) is 13.0. The van der Waals surface area contributed by atoms with Gasteiger partial charge in [0.25, 0.3) is 0 Å². The Morgan fingerprint density at radius 1 is 0.816 bits per heavy atom. The smallest absolute Gasteiger partial charge is 0.325 e. The van der Waals surface area contributed by atoms with Crippen molar-refractivity contribution in [3.63, 3.8) is 0 Å². The average Bonchev–Trinajstić information content (AvgIpc) is 3.12. The largest absolute Gasteiger partial charge is 1.00 e. The lowest BCUT2D eigenvalue weighted by atomic mass is 10.1. The first-order valence-corrected chi connectivity index (χ1v) is 18.9. The van der Waals surface area contributed by atoms with E-state index in [1.54, 1.807) is 6.92 Å². The summed E-state index contributed by atoms with van der Waals surface area (Å²) in [5.41, 5.74) is 5.73. The number of hydrogen-bond acceptors (Lipinski definition) is 9. The molecule has 3 aromatic carbocycles. The second-order valence-corrected chi connectivity index (χ2v) is 15.7. The molecule has 0 saturated heterocycles. The topological polar surface area (TPSA) is 154 Å². The highest BCUT2D eigenvalue weighted by molar-refractivity contribution is 8.13. The maximum atomic E-state index is 13.1. The number of thioether (sulfide) groups is 1. The van der Waals surface area contributed by atoms with Gasteiger partial charge in [-0.2, -0.15) is 0 Å². The molecule has 264 valence electrons. The van der Waals surface area contributed by atoms with Gasteiger partial charge >= 0.3 is 11.9 Å². The lowest BCUT2D eigenvalue weighted by molar-refractivity contribution is -0.143. The molecule has 10 nitrogen and oxygen atoms in total. The van der Waals surface area contributed by atoms with Gasteiger partial charge in [-0.15, -0.1) is 0 Å². The molecule has 0 aliphatic heterocycles. The summed E-state index contributed by atoms with van der Waals surface area (Å²) in [4.78, 5) is 62.0. The maximum Gasteiger partial charge on any atom is 0.325 e. The van der Waals surface area contributed by atoms with E-state index in [4.69, 9.17) is 10.5 Å². The Morgan fingerprint density at radius 3 is 1.84 bits per heavy atom. The number of benzene rings is 3. The van der Waals surface area contributed by atoms with E-state index in [2.05, 4.69) is 88.2 Å². The van der Waals surface area contributed by atoms with Gasteiger partial charge in [-0.3, -0.25) is 24.0 Å². The van der Waals surface area contributed by atoms with Crippen LogP contribution in [0, 0.1) is 0 Å². The predicted molar refractivity (Wildman–Crippen MR) is 192 cm³/mol. The lowest BCUT2D eigenvalue weighted by Crippen LogP contribution is -3.00. The number of carbonyl (C=O) groups is 5. The zero-order valence-electron chi connectivity index (χ0n) is 27.8. The number of carbonyl (C=O) groups excluding carboxylic acids is 5. The number of amides is 2. The summed E-state index contributed by atoms with van der Waals surface area (Å²) in [5, 5.41) is 8.79. The molecule has 2 unspecified atom stereocenters. The van der Waals surface area contributed by atoms with Gasteiger partial charge in [-0.1, -0.05) is 66.4 Å². The number of hydrogen-bond donors (Lipinski definition) is 3. The third-order valence-electron chi connectivity index (χ3n) is 7.68. The van der Waals surface area contributed by atoms with Crippen LogP contribution < -0.4 is 49.3 Å². The van der Waals surface area contributed by atoms with Crippen LogP contribution in [-0.2, 0) is 33.4 Å². The average molecular weight is 775 g/mol. The van der Waals surface area contributed by atoms with Crippen molar-refractivity contribution in [3.8, 4) is 0 Å². The van der Waals surface area contributed by atoms with Gasteiger partial charge in [-0.25, -0.2) is 0 Å². The van der Waals surface area contributed by atoms with Crippen LogP contribution in [0.15, 0.2) is 91.0 Å². The summed E-state index contributed by atoms with van der Waals surface area (Å²) in [5.74, 6) is -2.46. The Morgan fingerprint density at radius 2 is 1.35 bits per heavy atom. The number of nitrogens with one attached hydrogen (secondary N) is 2. The number of nitrogens with two attached hydrogens (primary N) is 1. The minimum atomic E-state index is -2.01. The maximum absolute atomic E-state index is 13.1. The van der Waals surface area contributed by atoms with Gasteiger partial charge < -0.3 is 42.8 Å². The molecule has 2 atom stereocenters. The zero-order chi connectivity index (χ0) is 34.8. The first-order valence-electron chi connectivity index (χ1n) is 16.0. The molecule has 3 aromatic rings. The Hall–Kier alpha value is -3.57. The third-order valence-corrected chi connectivity index (χ3v) is 13.2. The molecule has 13 heteroatoms. The fourth-order valence-corrected chi connectivity index (χ4v) is 10.5. The molecule has 2 amide bonds. The van der Waals surface area contributed by atoms with Crippen LogP contribution in [0.5, 0.6) is 0 Å². The van der Waals surface area contributed by atoms with Crippen LogP contribution in [0.2, 0.25) is 0 Å². The molecule has 0 fully saturated rings. The summed E-state index contributed by atoms with van der Waals surface area (Å²) in [7, 11) is -0.808. The monoisotopic (exact) mass is 773 g/mol. The summed E-state index contributed by atoms with van der Waals surface area (Å²) < 4.78 is 9.44. The first kappa shape index (κ1) is 41.6. The van der Waals surface area contributed by atoms with Gasteiger partial charge in [-0.05, 0) is 62.6 Å². The lowest BCUT2D eigenvalue weighted by Gasteiger charge is -2.27. The van der Waals surface area contributed by atoms with Gasteiger partial charge in [0, 0.05) is 18.6 Å². The number of halogens is 1. The Kier molecular flexibility index (Phi) is 18.9. The minimum Gasteiger partial charge on any atom is -1.00 e. The van der Waals surface area contributed by atoms with Crippen molar-refractivity contribution in [2.45, 2.75) is 51.1 Å². The molecule has 0 bridgehead atoms. The van der Waals surface area contributed by atoms with Crippen molar-refractivity contribution in [1.29, 1.82) is 0 Å². The first-order chi connectivity index (χ1) is 23.2. The SMILES string of the molecule is CCOC(=O)CNC(=O)C(CSC(=O)CCCC[P+](c1ccccc1)(c1ccccc1)c1ccccc1)NC(=O)CCC(N)C(=O)OC.[Br-]. The van der Waals surface area contributed by atoms with Crippen LogP contribution in [0.3, 0.4) is 0 Å². The standard InChI is InChI=1S/C36H44N3O7PS.BrH/c1-3-46-33(41)25-38-35(43)31(39-32(40)23-22-30(37)36(44)45-2)26-48-34(42)21-13-14-24-47(27-15-7-4-8-16-27,28-17-9-5-10-18-28)29-19-11-6-12-20-29;/h4-12,15-20,30-31H,3,13-14,21-26,37H2,1-2H3,(H-,38,39,40,43);1H. The fourth-order valence-electron chi connectivity index (χ4n) is 5.25. The Labute approximate surface area is 303 Å². The van der Waals surface area contributed by atoms with E-state index in [0.29, 0.717) is 12.8 Å². The highest BCUT2D eigenvalue weighted by Gasteiger charge is 2.44. The summed E-state index contributed by atoms with van der Waals surface area (Å²) in [6.45, 7) is 1.43. The van der Waals surface area contributed by atoms with E-state index in [-0.39, 0.29) is 53.8 Å². The van der Waals surface area contributed by atoms with Crippen LogP contribution in [0.4, 0.5) is 0 Å². The Bertz CT molecular complexity index is 1390. The van der Waals surface area contributed by atoms with Crippen LogP contribution in [0.25, 0.3) is 0 Å². The van der Waals surface area contributed by atoms with Gasteiger partial charge in [0.15, 0.2) is 5.12 Å². The molecule has 0 radical (unpaired) electrons. The van der Waals surface area contributed by atoms with Crippen LogP contribution in [-0.4, -0.2) is 73.1 Å². The molecule has 0 aromatic heterocycles. The van der Waals surface area contributed by atoms with Crippen LogP contribution >= 0.6 is 19.0 Å². The summed E-state index contributed by atoms with van der Waals surface area (Å²) in [6.07, 6.45) is 2.51. The molecule has 0 saturated carbocycles. The van der Waals surface area contributed by atoms with Crippen molar-refractivity contribution in [3.05, 3.63) is 91.0 Å². The second kappa shape index (κ2) is 22.2. The normalized spacial score (nSPS) is 12.1. The predicted octanol–water partition coefficient (Wildman–Crippen LogP) is -0.141. The van der Waals surface area contributed by atoms with Crippen molar-refractivity contribution in [1.82, 2.24) is 10.6 Å². The van der Waals surface area contributed by atoms with Crippen molar-refractivity contribution < 1.29 is 50.4 Å². The quantitative estimate of drug-likeness (QED) is 0.0859. The number of esters is 2. The van der Waals surface area contributed by atoms with E-state index < -0.39 is 43.1 Å². The van der Waals surface area contributed by atoms with E-state index in [0.717, 1.165) is 24.3 Å². The zero-order valence-corrected chi connectivity index (χ0v) is 31.1. The molecule has 0 aliphatic rings. The molecular weight excluding hydrogens is 729 g/mol. The molecule has 0 aliphatic carbocycles. The van der Waals surface area contributed by atoms with Crippen molar-refractivity contribution in [2.24, 2.45) is 5.73 Å². The van der Waals surface area contributed by atoms with E-state index >= 15 is 0 Å². The van der Waals surface area contributed by atoms with Crippen LogP contribution in [0.1, 0.15) is 39.0 Å². The van der Waals surface area contributed by atoms with Gasteiger partial charge in [0.1, 0.15) is 41.8 Å². The van der Waals surface area contributed by atoms with Gasteiger partial charge in [0.05, 0.1) is 19.9 Å². The van der Waals surface area contributed by atoms with E-state index in [9.17, 15) is 24.0 Å². The summed E-state index contributed by atoms with van der Waals surface area (Å²) in [6, 6.07) is 29.6. The number of unbranched alkanes of at least 4 members (excludes halogenated alkanes) is 1. The number of ether oxygens (including phenoxy) is 2. The molecular formula is C36H45BrN3O7PS. The molecule has 0 heterocycles. The molecule has 3 rings (SSSR count). The number of rotatable bonds is 19. The number of methoxy groups -OCH3 is 1. The van der Waals surface area contributed by atoms with E-state index in [1.807, 2.05) is 18.2 Å².